The molecule has 9 nitrogen and oxygen atoms in total. The first kappa shape index (κ1) is 21.8. The van der Waals surface area contributed by atoms with Gasteiger partial charge in [0.15, 0.2) is 6.23 Å². The third-order valence-electron chi connectivity index (χ3n) is 2.97. The fourth-order valence-electron chi connectivity index (χ4n) is 2.25. The summed E-state index contributed by atoms with van der Waals surface area (Å²) >= 11 is 0. The van der Waals surface area contributed by atoms with E-state index in [9.17, 15) is 19.2 Å². The summed E-state index contributed by atoms with van der Waals surface area (Å²) in [6, 6.07) is -0.244. The number of amides is 1. The molecule has 0 fully saturated rings. The van der Waals surface area contributed by atoms with Crippen LogP contribution in [0, 0.1) is 0 Å². The second kappa shape index (κ2) is 11.4. The van der Waals surface area contributed by atoms with E-state index >= 15 is 0 Å². The SMILES string of the molecule is CC(=O)OC(N)CC(CC(CC(C)NC=O)OC(C)=O)OC(C)=O. The molecule has 0 aliphatic rings. The van der Waals surface area contributed by atoms with E-state index in [0.717, 1.165) is 0 Å². The third kappa shape index (κ3) is 11.4. The van der Waals surface area contributed by atoms with Crippen LogP contribution in [0.2, 0.25) is 0 Å². The number of hydrogen-bond acceptors (Lipinski definition) is 8. The number of carbonyl (C=O) groups is 4. The third-order valence-corrected chi connectivity index (χ3v) is 2.97. The van der Waals surface area contributed by atoms with Crippen LogP contribution >= 0.6 is 0 Å². The molecule has 0 spiro atoms. The summed E-state index contributed by atoms with van der Waals surface area (Å²) in [6.07, 6.45) is -1.14. The summed E-state index contributed by atoms with van der Waals surface area (Å²) in [4.78, 5) is 43.9. The summed E-state index contributed by atoms with van der Waals surface area (Å²) in [5.41, 5.74) is 5.68. The van der Waals surface area contributed by atoms with Gasteiger partial charge in [-0.2, -0.15) is 0 Å². The van der Waals surface area contributed by atoms with E-state index in [1.54, 1.807) is 6.92 Å². The van der Waals surface area contributed by atoms with Crippen LogP contribution in [0.25, 0.3) is 0 Å². The van der Waals surface area contributed by atoms with Crippen LogP contribution in [0.3, 0.4) is 0 Å². The highest BCUT2D eigenvalue weighted by Crippen LogP contribution is 2.17. The largest absolute Gasteiger partial charge is 0.462 e. The van der Waals surface area contributed by atoms with Crippen LogP contribution in [0.5, 0.6) is 0 Å². The normalized spacial score (nSPS) is 15.4. The molecule has 4 unspecified atom stereocenters. The molecule has 0 saturated carbocycles. The molecule has 0 aromatic heterocycles. The monoisotopic (exact) mass is 346 g/mol. The highest BCUT2D eigenvalue weighted by molar-refractivity contribution is 5.67. The Labute approximate surface area is 141 Å². The van der Waals surface area contributed by atoms with Crippen LogP contribution in [-0.4, -0.2) is 48.8 Å². The standard InChI is InChI=1S/C15H26N2O7/c1-9(17-8-18)5-13(22-10(2)19)6-14(23-11(3)20)7-15(16)24-12(4)21/h8-9,13-15H,5-7,16H2,1-4H3,(H,17,18). The van der Waals surface area contributed by atoms with E-state index in [4.69, 9.17) is 19.9 Å². The predicted octanol–water partition coefficient (Wildman–Crippen LogP) is 0.00250. The van der Waals surface area contributed by atoms with Crippen molar-refractivity contribution >= 4 is 24.3 Å². The Morgan fingerprint density at radius 3 is 1.79 bits per heavy atom. The average molecular weight is 346 g/mol. The van der Waals surface area contributed by atoms with Gasteiger partial charge in [0, 0.05) is 46.1 Å². The van der Waals surface area contributed by atoms with E-state index in [0.29, 0.717) is 12.8 Å². The highest BCUT2D eigenvalue weighted by Gasteiger charge is 2.25. The molecule has 0 aromatic carbocycles. The quantitative estimate of drug-likeness (QED) is 0.231. The lowest BCUT2D eigenvalue weighted by Gasteiger charge is -2.26. The first-order valence-electron chi connectivity index (χ1n) is 7.61. The molecule has 0 aliphatic carbocycles. The molecule has 0 radical (unpaired) electrons. The number of nitrogens with one attached hydrogen (secondary N) is 1. The number of nitrogens with two attached hydrogens (primary N) is 1. The zero-order chi connectivity index (χ0) is 18.7. The zero-order valence-electron chi connectivity index (χ0n) is 14.4. The van der Waals surface area contributed by atoms with Crippen molar-refractivity contribution in [1.29, 1.82) is 0 Å². The van der Waals surface area contributed by atoms with E-state index in [1.807, 2.05) is 0 Å². The Hall–Kier alpha value is -2.16. The van der Waals surface area contributed by atoms with Crippen molar-refractivity contribution in [3.63, 3.8) is 0 Å². The molecule has 138 valence electrons. The van der Waals surface area contributed by atoms with Crippen LogP contribution in [0.1, 0.15) is 47.0 Å². The summed E-state index contributed by atoms with van der Waals surface area (Å²) in [5.74, 6) is -1.58. The van der Waals surface area contributed by atoms with Gasteiger partial charge in [0.25, 0.3) is 0 Å². The number of ether oxygens (including phenoxy) is 3. The molecule has 0 saturated heterocycles. The van der Waals surface area contributed by atoms with Crippen LogP contribution in [0.15, 0.2) is 0 Å². The highest BCUT2D eigenvalue weighted by atomic mass is 16.6. The van der Waals surface area contributed by atoms with Gasteiger partial charge < -0.3 is 19.5 Å². The summed E-state index contributed by atoms with van der Waals surface area (Å²) in [7, 11) is 0. The fourth-order valence-corrected chi connectivity index (χ4v) is 2.25. The van der Waals surface area contributed by atoms with Gasteiger partial charge in [0.05, 0.1) is 0 Å². The van der Waals surface area contributed by atoms with Crippen molar-refractivity contribution < 1.29 is 33.4 Å². The van der Waals surface area contributed by atoms with Gasteiger partial charge in [-0.1, -0.05) is 0 Å². The van der Waals surface area contributed by atoms with Gasteiger partial charge in [-0.3, -0.25) is 24.9 Å². The first-order valence-corrected chi connectivity index (χ1v) is 7.61. The molecule has 0 aromatic rings. The Balaban J connectivity index is 4.90. The molecular weight excluding hydrogens is 320 g/mol. The average Bonchev–Trinajstić information content (AvgIpc) is 2.35. The number of hydrogen-bond donors (Lipinski definition) is 2. The van der Waals surface area contributed by atoms with Gasteiger partial charge in [0.2, 0.25) is 6.41 Å². The molecular formula is C15H26N2O7. The zero-order valence-corrected chi connectivity index (χ0v) is 14.4. The predicted molar refractivity (Wildman–Crippen MR) is 83.4 cm³/mol. The van der Waals surface area contributed by atoms with E-state index in [1.165, 1.54) is 20.8 Å². The van der Waals surface area contributed by atoms with Gasteiger partial charge in [0.1, 0.15) is 12.2 Å². The van der Waals surface area contributed by atoms with Crippen molar-refractivity contribution in [1.82, 2.24) is 5.32 Å². The molecule has 24 heavy (non-hydrogen) atoms. The van der Waals surface area contributed by atoms with E-state index in [-0.39, 0.29) is 18.9 Å². The lowest BCUT2D eigenvalue weighted by atomic mass is 10.0. The summed E-state index contributed by atoms with van der Waals surface area (Å²) in [6.45, 7) is 5.46. The van der Waals surface area contributed by atoms with Gasteiger partial charge >= 0.3 is 17.9 Å². The lowest BCUT2D eigenvalue weighted by molar-refractivity contribution is -0.156. The van der Waals surface area contributed by atoms with Gasteiger partial charge in [-0.25, -0.2) is 0 Å². The summed E-state index contributed by atoms with van der Waals surface area (Å²) < 4.78 is 15.2. The number of esters is 3. The first-order chi connectivity index (χ1) is 11.1. The second-order valence-electron chi connectivity index (χ2n) is 5.50. The molecule has 0 rings (SSSR count). The topological polar surface area (TPSA) is 134 Å². The molecule has 4 atom stereocenters. The van der Waals surface area contributed by atoms with Crippen molar-refractivity contribution in [2.75, 3.05) is 0 Å². The van der Waals surface area contributed by atoms with E-state index in [2.05, 4.69) is 5.32 Å². The maximum atomic E-state index is 11.3. The smallest absolute Gasteiger partial charge is 0.304 e. The molecule has 1 amide bonds. The fraction of sp³-hybridized carbons (Fsp3) is 0.733. The number of carbonyl (C=O) groups excluding carboxylic acids is 4. The minimum Gasteiger partial charge on any atom is -0.462 e. The van der Waals surface area contributed by atoms with Crippen molar-refractivity contribution in [2.45, 2.75) is 71.4 Å². The van der Waals surface area contributed by atoms with E-state index < -0.39 is 36.3 Å². The van der Waals surface area contributed by atoms with Crippen LogP contribution < -0.4 is 11.1 Å². The molecule has 3 N–H and O–H groups in total. The Kier molecular flexibility index (Phi) is 10.4. The Morgan fingerprint density at radius 2 is 1.38 bits per heavy atom. The minimum atomic E-state index is -0.949. The lowest BCUT2D eigenvalue weighted by Crippen LogP contribution is -2.37. The molecule has 0 aliphatic heterocycles. The van der Waals surface area contributed by atoms with Crippen LogP contribution in [-0.2, 0) is 33.4 Å². The molecule has 9 heteroatoms. The molecule has 0 bridgehead atoms. The number of rotatable bonds is 11. The van der Waals surface area contributed by atoms with Crippen molar-refractivity contribution in [3.05, 3.63) is 0 Å². The van der Waals surface area contributed by atoms with Crippen LogP contribution in [0.4, 0.5) is 0 Å². The minimum absolute atomic E-state index is 0.0619. The van der Waals surface area contributed by atoms with Gasteiger partial charge in [-0.15, -0.1) is 0 Å². The Bertz CT molecular complexity index is 442. The Morgan fingerprint density at radius 1 is 0.917 bits per heavy atom. The van der Waals surface area contributed by atoms with Crippen molar-refractivity contribution in [2.24, 2.45) is 5.73 Å². The maximum absolute atomic E-state index is 11.3. The summed E-state index contributed by atoms with van der Waals surface area (Å²) in [5, 5.41) is 2.56. The molecule has 0 heterocycles. The van der Waals surface area contributed by atoms with Gasteiger partial charge in [-0.05, 0) is 6.92 Å². The maximum Gasteiger partial charge on any atom is 0.304 e. The van der Waals surface area contributed by atoms with Crippen molar-refractivity contribution in [3.8, 4) is 0 Å². The second-order valence-corrected chi connectivity index (χ2v) is 5.50.